The van der Waals surface area contributed by atoms with Crippen molar-refractivity contribution < 1.29 is 0 Å². The second-order valence-electron chi connectivity index (χ2n) is 16.0. The summed E-state index contributed by atoms with van der Waals surface area (Å²) in [4.78, 5) is 15.7. The lowest BCUT2D eigenvalue weighted by atomic mass is 10.1. The van der Waals surface area contributed by atoms with Gasteiger partial charge in [-0.25, -0.2) is 4.98 Å². The molecule has 0 bridgehead atoms. The molecule has 4 aromatic heterocycles. The Morgan fingerprint density at radius 2 is 0.698 bits per heavy atom. The smallest absolute Gasteiger partial charge is 0.238 e. The molecule has 0 radical (unpaired) electrons. The van der Waals surface area contributed by atoms with E-state index in [0.29, 0.717) is 17.6 Å². The van der Waals surface area contributed by atoms with Gasteiger partial charge in [0.05, 0.1) is 33.1 Å². The van der Waals surface area contributed by atoms with Gasteiger partial charge in [-0.2, -0.15) is 9.97 Å². The highest BCUT2D eigenvalue weighted by atomic mass is 15.2. The van der Waals surface area contributed by atoms with Gasteiger partial charge in [0.25, 0.3) is 0 Å². The normalized spacial score (nSPS) is 11.8. The summed E-state index contributed by atoms with van der Waals surface area (Å²) in [5.41, 5.74) is 12.9. The van der Waals surface area contributed by atoms with Crippen molar-refractivity contribution in [3.05, 3.63) is 218 Å². The van der Waals surface area contributed by atoms with Gasteiger partial charge in [-0.1, -0.05) is 170 Å². The molecular formula is C57H36N6. The first-order chi connectivity index (χ1) is 31.3. The molecule has 9 aromatic carbocycles. The zero-order valence-electron chi connectivity index (χ0n) is 34.0. The van der Waals surface area contributed by atoms with Crippen LogP contribution in [0.4, 0.5) is 0 Å². The van der Waals surface area contributed by atoms with Crippen LogP contribution < -0.4 is 0 Å². The number of hydrogen-bond acceptors (Lipinski definition) is 3. The van der Waals surface area contributed by atoms with Crippen LogP contribution in [-0.2, 0) is 0 Å². The summed E-state index contributed by atoms with van der Waals surface area (Å²) in [6, 6.07) is 77.5. The van der Waals surface area contributed by atoms with E-state index in [-0.39, 0.29) is 0 Å². The molecule has 0 atom stereocenters. The number of nitrogens with zero attached hydrogens (tertiary/aromatic N) is 6. The Morgan fingerprint density at radius 1 is 0.254 bits per heavy atom. The standard InChI is InChI=1S/C57H36N6/c1-4-17-37(18-5-1)40-23-16-24-41(35-40)62-52-34-31-42(61-49-28-13-10-25-43(49)44-26-11-14-29-50(44)61)36-48(52)47-33-32-46-45-27-12-15-30-51(45)63(54(46)53(47)62)57-59-55(38-19-6-2-7-20-38)58-56(60-57)39-21-8-3-9-22-39/h1-36H. The molecule has 6 heteroatoms. The van der Waals surface area contributed by atoms with Crippen molar-refractivity contribution >= 4 is 65.4 Å². The molecule has 63 heavy (non-hydrogen) atoms. The number of hydrogen-bond donors (Lipinski definition) is 0. The number of para-hydroxylation sites is 3. The maximum atomic E-state index is 5.32. The SMILES string of the molecule is c1ccc(-c2cccc(-n3c4ccc(-n5c6ccccc6c6ccccc65)cc4c4ccc5c6ccccc6n(-c6nc(-c7ccccc7)nc(-c7ccccc7)n6)c5c43)c2)cc1. The largest absolute Gasteiger partial charge is 0.309 e. The van der Waals surface area contributed by atoms with Crippen LogP contribution in [0.1, 0.15) is 0 Å². The molecule has 0 aliphatic heterocycles. The molecule has 6 nitrogen and oxygen atoms in total. The third-order valence-corrected chi connectivity index (χ3v) is 12.5. The summed E-state index contributed by atoms with van der Waals surface area (Å²) in [5.74, 6) is 1.79. The molecule has 13 rings (SSSR count). The molecule has 0 spiro atoms. The summed E-state index contributed by atoms with van der Waals surface area (Å²) < 4.78 is 7.11. The van der Waals surface area contributed by atoms with Crippen molar-refractivity contribution in [1.82, 2.24) is 28.7 Å². The second kappa shape index (κ2) is 14.0. The van der Waals surface area contributed by atoms with Crippen LogP contribution in [0.5, 0.6) is 0 Å². The monoisotopic (exact) mass is 804 g/mol. The van der Waals surface area contributed by atoms with Crippen molar-refractivity contribution in [2.45, 2.75) is 0 Å². The topological polar surface area (TPSA) is 53.5 Å². The van der Waals surface area contributed by atoms with Crippen molar-refractivity contribution in [2.24, 2.45) is 0 Å². The average molecular weight is 805 g/mol. The third-order valence-electron chi connectivity index (χ3n) is 12.5. The molecule has 13 aromatic rings. The van der Waals surface area contributed by atoms with E-state index in [4.69, 9.17) is 15.0 Å². The quantitative estimate of drug-likeness (QED) is 0.168. The molecule has 0 amide bonds. The summed E-state index contributed by atoms with van der Waals surface area (Å²) in [6.07, 6.45) is 0. The van der Waals surface area contributed by atoms with Crippen LogP contribution in [0, 0.1) is 0 Å². The molecule has 0 aliphatic rings. The lowest BCUT2D eigenvalue weighted by Gasteiger charge is -2.14. The first kappa shape index (κ1) is 35.2. The van der Waals surface area contributed by atoms with Crippen LogP contribution in [0.2, 0.25) is 0 Å². The minimum absolute atomic E-state index is 0.558. The molecule has 294 valence electrons. The van der Waals surface area contributed by atoms with Gasteiger partial charge in [0, 0.05) is 54.8 Å². The predicted molar refractivity (Wildman–Crippen MR) is 259 cm³/mol. The summed E-state index contributed by atoms with van der Waals surface area (Å²) in [6.45, 7) is 0. The summed E-state index contributed by atoms with van der Waals surface area (Å²) in [5, 5.41) is 7.00. The van der Waals surface area contributed by atoms with E-state index in [9.17, 15) is 0 Å². The van der Waals surface area contributed by atoms with Crippen LogP contribution >= 0.6 is 0 Å². The molecule has 0 fully saturated rings. The molecule has 0 N–H and O–H groups in total. The van der Waals surface area contributed by atoms with Crippen LogP contribution in [0.15, 0.2) is 218 Å². The van der Waals surface area contributed by atoms with Crippen molar-refractivity contribution in [3.63, 3.8) is 0 Å². The first-order valence-corrected chi connectivity index (χ1v) is 21.3. The van der Waals surface area contributed by atoms with Gasteiger partial charge in [0.2, 0.25) is 5.95 Å². The number of fused-ring (bicyclic) bond motifs is 10. The van der Waals surface area contributed by atoms with E-state index >= 15 is 0 Å². The highest BCUT2D eigenvalue weighted by Crippen LogP contribution is 2.43. The van der Waals surface area contributed by atoms with E-state index in [1.165, 1.54) is 27.4 Å². The molecular weight excluding hydrogens is 769 g/mol. The van der Waals surface area contributed by atoms with Gasteiger partial charge in [0.1, 0.15) is 0 Å². The molecule has 0 aliphatic carbocycles. The predicted octanol–water partition coefficient (Wildman–Crippen LogP) is 14.2. The number of rotatable bonds is 6. The zero-order valence-corrected chi connectivity index (χ0v) is 34.0. The van der Waals surface area contributed by atoms with Gasteiger partial charge in [-0.05, 0) is 59.7 Å². The Hall–Kier alpha value is -8.61. The molecule has 0 saturated carbocycles. The van der Waals surface area contributed by atoms with Gasteiger partial charge in [-0.3, -0.25) is 4.57 Å². The maximum Gasteiger partial charge on any atom is 0.238 e. The summed E-state index contributed by atoms with van der Waals surface area (Å²) >= 11 is 0. The Bertz CT molecular complexity index is 3790. The Labute approximate surface area is 362 Å². The molecule has 0 saturated heterocycles. The summed E-state index contributed by atoms with van der Waals surface area (Å²) in [7, 11) is 0. The Kier molecular flexibility index (Phi) is 7.80. The zero-order chi connectivity index (χ0) is 41.4. The van der Waals surface area contributed by atoms with E-state index in [2.05, 4.69) is 196 Å². The molecule has 4 heterocycles. The van der Waals surface area contributed by atoms with Gasteiger partial charge in [-0.15, -0.1) is 0 Å². The molecule has 0 unspecified atom stereocenters. The third kappa shape index (κ3) is 5.48. The van der Waals surface area contributed by atoms with Crippen molar-refractivity contribution in [3.8, 4) is 51.2 Å². The maximum absolute atomic E-state index is 5.32. The van der Waals surface area contributed by atoms with Crippen molar-refractivity contribution in [2.75, 3.05) is 0 Å². The minimum atomic E-state index is 0.558. The lowest BCUT2D eigenvalue weighted by molar-refractivity contribution is 0.953. The second-order valence-corrected chi connectivity index (χ2v) is 16.0. The van der Waals surface area contributed by atoms with E-state index in [0.717, 1.165) is 71.7 Å². The van der Waals surface area contributed by atoms with Crippen molar-refractivity contribution in [1.29, 1.82) is 0 Å². The Balaban J connectivity index is 1.17. The fourth-order valence-electron chi connectivity index (χ4n) is 9.71. The fraction of sp³-hybridized carbons (Fsp3) is 0. The van der Waals surface area contributed by atoms with Gasteiger partial charge < -0.3 is 9.13 Å². The average Bonchev–Trinajstić information content (AvgIpc) is 4.00. The number of aromatic nitrogens is 6. The highest BCUT2D eigenvalue weighted by molar-refractivity contribution is 6.24. The van der Waals surface area contributed by atoms with Crippen LogP contribution in [-0.4, -0.2) is 28.7 Å². The first-order valence-electron chi connectivity index (χ1n) is 21.3. The minimum Gasteiger partial charge on any atom is -0.309 e. The fourth-order valence-corrected chi connectivity index (χ4v) is 9.71. The Morgan fingerprint density at radius 3 is 1.30 bits per heavy atom. The number of benzene rings is 9. The van der Waals surface area contributed by atoms with E-state index in [1.54, 1.807) is 0 Å². The van der Waals surface area contributed by atoms with Gasteiger partial charge in [0.15, 0.2) is 11.6 Å². The van der Waals surface area contributed by atoms with Crippen LogP contribution in [0.25, 0.3) is 117 Å². The lowest BCUT2D eigenvalue weighted by Crippen LogP contribution is -2.07. The van der Waals surface area contributed by atoms with Crippen LogP contribution in [0.3, 0.4) is 0 Å². The van der Waals surface area contributed by atoms with E-state index < -0.39 is 0 Å². The van der Waals surface area contributed by atoms with E-state index in [1.807, 2.05) is 36.4 Å². The van der Waals surface area contributed by atoms with Gasteiger partial charge >= 0.3 is 0 Å². The highest BCUT2D eigenvalue weighted by Gasteiger charge is 2.24.